The number of benzene rings is 1. The van der Waals surface area contributed by atoms with Crippen LogP contribution in [-0.4, -0.2) is 12.1 Å². The van der Waals surface area contributed by atoms with Gasteiger partial charge < -0.3 is 4.74 Å². The number of halogens is 1. The van der Waals surface area contributed by atoms with Crippen molar-refractivity contribution in [1.82, 2.24) is 0 Å². The quantitative estimate of drug-likeness (QED) is 0.614. The van der Waals surface area contributed by atoms with Crippen LogP contribution in [-0.2, 0) is 4.74 Å². The topological polar surface area (TPSA) is 26.3 Å². The molecular formula is C16H21ClO2S. The van der Waals surface area contributed by atoms with Crippen LogP contribution in [0.25, 0.3) is 0 Å². The Morgan fingerprint density at radius 2 is 2.10 bits per heavy atom. The van der Waals surface area contributed by atoms with Gasteiger partial charge in [-0.1, -0.05) is 32.4 Å². The SMILES string of the molecule is CC1CC(OC(=O)c2cc(S)ccc2Cl)CC(C)(C)C1. The molecule has 1 saturated carbocycles. The van der Waals surface area contributed by atoms with E-state index in [0.717, 1.165) is 12.8 Å². The lowest BCUT2D eigenvalue weighted by Gasteiger charge is -2.38. The first kappa shape index (κ1) is 15.7. The Hall–Kier alpha value is -0.670. The van der Waals surface area contributed by atoms with Crippen molar-refractivity contribution in [3.63, 3.8) is 0 Å². The number of hydrogen-bond acceptors (Lipinski definition) is 3. The molecule has 110 valence electrons. The van der Waals surface area contributed by atoms with Crippen LogP contribution in [0.4, 0.5) is 0 Å². The minimum absolute atomic E-state index is 0.0270. The van der Waals surface area contributed by atoms with E-state index >= 15 is 0 Å². The Kier molecular flexibility index (Phi) is 4.70. The van der Waals surface area contributed by atoms with Gasteiger partial charge in [-0.15, -0.1) is 12.6 Å². The first-order chi connectivity index (χ1) is 9.27. The highest BCUT2D eigenvalue weighted by Crippen LogP contribution is 2.40. The third-order valence-electron chi connectivity index (χ3n) is 3.79. The van der Waals surface area contributed by atoms with E-state index in [4.69, 9.17) is 16.3 Å². The van der Waals surface area contributed by atoms with Crippen LogP contribution >= 0.6 is 24.2 Å². The van der Waals surface area contributed by atoms with Crippen LogP contribution in [0.1, 0.15) is 50.4 Å². The minimum atomic E-state index is -0.346. The van der Waals surface area contributed by atoms with E-state index < -0.39 is 0 Å². The Morgan fingerprint density at radius 1 is 1.40 bits per heavy atom. The summed E-state index contributed by atoms with van der Waals surface area (Å²) in [5, 5.41) is 0.413. The zero-order valence-corrected chi connectivity index (χ0v) is 13.8. The maximum Gasteiger partial charge on any atom is 0.339 e. The van der Waals surface area contributed by atoms with Crippen molar-refractivity contribution in [1.29, 1.82) is 0 Å². The highest BCUT2D eigenvalue weighted by molar-refractivity contribution is 7.80. The molecule has 20 heavy (non-hydrogen) atoms. The van der Waals surface area contributed by atoms with Gasteiger partial charge in [0.25, 0.3) is 0 Å². The minimum Gasteiger partial charge on any atom is -0.459 e. The summed E-state index contributed by atoms with van der Waals surface area (Å²) >= 11 is 10.3. The van der Waals surface area contributed by atoms with Gasteiger partial charge in [-0.2, -0.15) is 0 Å². The molecular weight excluding hydrogens is 292 g/mol. The molecule has 1 aromatic carbocycles. The number of rotatable bonds is 2. The molecule has 2 unspecified atom stereocenters. The number of thiol groups is 1. The third kappa shape index (κ3) is 3.92. The maximum atomic E-state index is 12.3. The van der Waals surface area contributed by atoms with Crippen LogP contribution in [0.3, 0.4) is 0 Å². The molecule has 1 aliphatic carbocycles. The molecule has 0 spiro atoms. The number of carbonyl (C=O) groups is 1. The van der Waals surface area contributed by atoms with Gasteiger partial charge in [0.15, 0.2) is 0 Å². The van der Waals surface area contributed by atoms with Gasteiger partial charge in [-0.25, -0.2) is 4.79 Å². The van der Waals surface area contributed by atoms with Crippen molar-refractivity contribution in [2.24, 2.45) is 11.3 Å². The van der Waals surface area contributed by atoms with Crippen molar-refractivity contribution in [3.8, 4) is 0 Å². The van der Waals surface area contributed by atoms with Gasteiger partial charge in [0.05, 0.1) is 10.6 Å². The lowest BCUT2D eigenvalue weighted by Crippen LogP contribution is -2.34. The van der Waals surface area contributed by atoms with E-state index in [9.17, 15) is 4.79 Å². The molecule has 0 bridgehead atoms. The van der Waals surface area contributed by atoms with E-state index in [2.05, 4.69) is 33.4 Å². The molecule has 1 fully saturated rings. The van der Waals surface area contributed by atoms with Crippen molar-refractivity contribution < 1.29 is 9.53 Å². The first-order valence-corrected chi connectivity index (χ1v) is 7.79. The predicted octanol–water partition coefficient (Wildman–Crippen LogP) is 5.00. The average molecular weight is 313 g/mol. The number of hydrogen-bond donors (Lipinski definition) is 1. The summed E-state index contributed by atoms with van der Waals surface area (Å²) < 4.78 is 5.66. The van der Waals surface area contributed by atoms with E-state index in [0.29, 0.717) is 21.4 Å². The molecule has 0 saturated heterocycles. The van der Waals surface area contributed by atoms with Crippen LogP contribution in [0.5, 0.6) is 0 Å². The fraction of sp³-hybridized carbons (Fsp3) is 0.562. The van der Waals surface area contributed by atoms with Gasteiger partial charge in [0, 0.05) is 4.90 Å². The second-order valence-electron chi connectivity index (χ2n) is 6.60. The standard InChI is InChI=1S/C16H21ClO2S/c1-10-6-11(9-16(2,3)8-10)19-15(18)13-7-12(20)4-5-14(13)17/h4-5,7,10-11,20H,6,8-9H2,1-3H3. The summed E-state index contributed by atoms with van der Waals surface area (Å²) in [6, 6.07) is 5.09. The molecule has 0 amide bonds. The lowest BCUT2D eigenvalue weighted by molar-refractivity contribution is -0.00714. The number of carbonyl (C=O) groups excluding carboxylic acids is 1. The monoisotopic (exact) mass is 312 g/mol. The molecule has 0 N–H and O–H groups in total. The molecule has 0 radical (unpaired) electrons. The van der Waals surface area contributed by atoms with Gasteiger partial charge in [-0.3, -0.25) is 0 Å². The smallest absolute Gasteiger partial charge is 0.339 e. The Bertz CT molecular complexity index is 513. The zero-order valence-electron chi connectivity index (χ0n) is 12.1. The summed E-state index contributed by atoms with van der Waals surface area (Å²) in [5.74, 6) is 0.226. The van der Waals surface area contributed by atoms with Gasteiger partial charge in [0.1, 0.15) is 6.10 Å². The molecule has 2 rings (SSSR count). The second kappa shape index (κ2) is 5.98. The van der Waals surface area contributed by atoms with E-state index in [1.54, 1.807) is 18.2 Å². The summed E-state index contributed by atoms with van der Waals surface area (Å²) in [4.78, 5) is 13.0. The Morgan fingerprint density at radius 3 is 2.75 bits per heavy atom. The van der Waals surface area contributed by atoms with E-state index in [-0.39, 0.29) is 17.5 Å². The molecule has 0 heterocycles. The largest absolute Gasteiger partial charge is 0.459 e. The predicted molar refractivity (Wildman–Crippen MR) is 84.7 cm³/mol. The van der Waals surface area contributed by atoms with Crippen molar-refractivity contribution in [2.75, 3.05) is 0 Å². The molecule has 2 atom stereocenters. The first-order valence-electron chi connectivity index (χ1n) is 6.96. The van der Waals surface area contributed by atoms with Gasteiger partial charge in [0.2, 0.25) is 0 Å². The van der Waals surface area contributed by atoms with E-state index in [1.165, 1.54) is 6.42 Å². The van der Waals surface area contributed by atoms with Crippen LogP contribution in [0.2, 0.25) is 5.02 Å². The van der Waals surface area contributed by atoms with Crippen molar-refractivity contribution in [2.45, 2.75) is 51.0 Å². The normalized spacial score (nSPS) is 25.2. The zero-order chi connectivity index (χ0) is 14.9. The Balaban J connectivity index is 2.09. The van der Waals surface area contributed by atoms with Crippen LogP contribution < -0.4 is 0 Å². The Labute approximate surface area is 131 Å². The lowest BCUT2D eigenvalue weighted by atomic mass is 9.71. The summed E-state index contributed by atoms with van der Waals surface area (Å²) in [7, 11) is 0. The number of esters is 1. The number of ether oxygens (including phenoxy) is 1. The second-order valence-corrected chi connectivity index (χ2v) is 7.53. The van der Waals surface area contributed by atoms with Crippen LogP contribution in [0, 0.1) is 11.3 Å². The average Bonchev–Trinajstić information content (AvgIpc) is 2.29. The molecule has 0 aliphatic heterocycles. The third-order valence-corrected chi connectivity index (χ3v) is 4.40. The summed E-state index contributed by atoms with van der Waals surface area (Å²) in [6.45, 7) is 6.67. The molecule has 4 heteroatoms. The van der Waals surface area contributed by atoms with Gasteiger partial charge in [-0.05, 0) is 48.8 Å². The molecule has 1 aliphatic rings. The van der Waals surface area contributed by atoms with E-state index in [1.807, 2.05) is 0 Å². The van der Waals surface area contributed by atoms with Crippen LogP contribution in [0.15, 0.2) is 23.1 Å². The molecule has 2 nitrogen and oxygen atoms in total. The highest BCUT2D eigenvalue weighted by Gasteiger charge is 2.34. The molecule has 1 aromatic rings. The van der Waals surface area contributed by atoms with Crippen molar-refractivity contribution >= 4 is 30.2 Å². The maximum absolute atomic E-state index is 12.3. The highest BCUT2D eigenvalue weighted by atomic mass is 35.5. The summed E-state index contributed by atoms with van der Waals surface area (Å²) in [6.07, 6.45) is 2.98. The molecule has 0 aromatic heterocycles. The fourth-order valence-electron chi connectivity index (χ4n) is 3.23. The fourth-order valence-corrected chi connectivity index (χ4v) is 3.63. The summed E-state index contributed by atoms with van der Waals surface area (Å²) in [5.41, 5.74) is 0.618. The van der Waals surface area contributed by atoms with Gasteiger partial charge >= 0.3 is 5.97 Å². The van der Waals surface area contributed by atoms with Crippen molar-refractivity contribution in [3.05, 3.63) is 28.8 Å².